The molecule has 7 heteroatoms. The molecule has 2 rings (SSSR count). The standard InChI is InChI=1S/C12H14FIN2O3/c1-7-2-3-15-6-12(7)19-11-4-8(13)9(14)5-10(11)16(17)18/h4-5,7,12,15H,2-3,6H2,1H3. The Balaban J connectivity index is 2.27. The van der Waals surface area contributed by atoms with Gasteiger partial charge >= 0.3 is 5.69 Å². The van der Waals surface area contributed by atoms with Crippen LogP contribution in [0, 0.1) is 25.4 Å². The highest BCUT2D eigenvalue weighted by atomic mass is 127. The quantitative estimate of drug-likeness (QED) is 0.498. The molecule has 2 atom stereocenters. The summed E-state index contributed by atoms with van der Waals surface area (Å²) in [7, 11) is 0. The molecule has 0 saturated carbocycles. The summed E-state index contributed by atoms with van der Waals surface area (Å²) in [6.07, 6.45) is 0.762. The average Bonchev–Trinajstić information content (AvgIpc) is 2.36. The van der Waals surface area contributed by atoms with Crippen LogP contribution >= 0.6 is 22.6 Å². The molecule has 1 saturated heterocycles. The number of ether oxygens (including phenoxy) is 1. The summed E-state index contributed by atoms with van der Waals surface area (Å²) in [5, 5.41) is 14.2. The van der Waals surface area contributed by atoms with E-state index in [0.717, 1.165) is 19.0 Å². The topological polar surface area (TPSA) is 64.4 Å². The normalized spacial score (nSPS) is 23.1. The lowest BCUT2D eigenvalue weighted by molar-refractivity contribution is -0.386. The summed E-state index contributed by atoms with van der Waals surface area (Å²) in [5.74, 6) is -0.218. The molecule has 1 heterocycles. The summed E-state index contributed by atoms with van der Waals surface area (Å²) in [5.41, 5.74) is -0.191. The number of nitrogens with zero attached hydrogens (tertiary/aromatic N) is 1. The van der Waals surface area contributed by atoms with Gasteiger partial charge in [0.15, 0.2) is 5.75 Å². The lowest BCUT2D eigenvalue weighted by Gasteiger charge is -2.29. The van der Waals surface area contributed by atoms with Gasteiger partial charge in [0.25, 0.3) is 0 Å². The van der Waals surface area contributed by atoms with E-state index in [1.807, 2.05) is 6.92 Å². The van der Waals surface area contributed by atoms with Gasteiger partial charge in [0.1, 0.15) is 11.9 Å². The number of hydrogen-bond donors (Lipinski definition) is 1. The third kappa shape index (κ3) is 3.33. The first-order valence-corrected chi connectivity index (χ1v) is 7.07. The highest BCUT2D eigenvalue weighted by Crippen LogP contribution is 2.32. The van der Waals surface area contributed by atoms with Crippen LogP contribution in [0.4, 0.5) is 10.1 Å². The van der Waals surface area contributed by atoms with Crippen molar-refractivity contribution in [2.45, 2.75) is 19.4 Å². The van der Waals surface area contributed by atoms with Gasteiger partial charge in [0.2, 0.25) is 0 Å². The summed E-state index contributed by atoms with van der Waals surface area (Å²) in [6, 6.07) is 2.30. The molecule has 5 nitrogen and oxygen atoms in total. The monoisotopic (exact) mass is 380 g/mol. The fraction of sp³-hybridized carbons (Fsp3) is 0.500. The Hall–Kier alpha value is -0.960. The zero-order chi connectivity index (χ0) is 14.0. The van der Waals surface area contributed by atoms with E-state index >= 15 is 0 Å². The lowest BCUT2D eigenvalue weighted by atomic mass is 9.97. The Morgan fingerprint density at radius 1 is 1.58 bits per heavy atom. The van der Waals surface area contributed by atoms with Gasteiger partial charge in [-0.05, 0) is 41.5 Å². The van der Waals surface area contributed by atoms with Crippen LogP contribution in [0.15, 0.2) is 12.1 Å². The second-order valence-corrected chi connectivity index (χ2v) is 5.78. The second kappa shape index (κ2) is 6.00. The van der Waals surface area contributed by atoms with Crippen LogP contribution in [0.1, 0.15) is 13.3 Å². The largest absolute Gasteiger partial charge is 0.482 e. The molecule has 1 aliphatic rings. The third-order valence-corrected chi connectivity index (χ3v) is 4.06. The van der Waals surface area contributed by atoms with Crippen molar-refractivity contribution in [3.05, 3.63) is 31.6 Å². The molecular formula is C12H14FIN2O3. The van der Waals surface area contributed by atoms with Crippen molar-refractivity contribution in [1.82, 2.24) is 5.32 Å². The first kappa shape index (κ1) is 14.4. The molecule has 0 amide bonds. The molecular weight excluding hydrogens is 366 g/mol. The van der Waals surface area contributed by atoms with Gasteiger partial charge in [-0.25, -0.2) is 4.39 Å². The van der Waals surface area contributed by atoms with E-state index in [2.05, 4.69) is 5.32 Å². The Morgan fingerprint density at radius 3 is 2.95 bits per heavy atom. The molecule has 19 heavy (non-hydrogen) atoms. The van der Waals surface area contributed by atoms with Gasteiger partial charge < -0.3 is 10.1 Å². The second-order valence-electron chi connectivity index (χ2n) is 4.62. The Morgan fingerprint density at radius 2 is 2.32 bits per heavy atom. The molecule has 0 bridgehead atoms. The number of rotatable bonds is 3. The van der Waals surface area contributed by atoms with Crippen LogP contribution in [-0.2, 0) is 0 Å². The Labute approximate surface area is 123 Å². The highest BCUT2D eigenvalue weighted by Gasteiger charge is 2.27. The molecule has 1 aromatic carbocycles. The zero-order valence-corrected chi connectivity index (χ0v) is 12.5. The van der Waals surface area contributed by atoms with Crippen molar-refractivity contribution in [3.8, 4) is 5.75 Å². The summed E-state index contributed by atoms with van der Waals surface area (Å²) in [6.45, 7) is 3.55. The first-order valence-electron chi connectivity index (χ1n) is 6.00. The maximum Gasteiger partial charge on any atom is 0.312 e. The molecule has 0 aromatic heterocycles. The van der Waals surface area contributed by atoms with Crippen LogP contribution in [0.5, 0.6) is 5.75 Å². The number of hydrogen-bond acceptors (Lipinski definition) is 4. The molecule has 104 valence electrons. The van der Waals surface area contributed by atoms with E-state index in [9.17, 15) is 14.5 Å². The number of benzene rings is 1. The number of halogens is 2. The minimum absolute atomic E-state index is 0.00321. The smallest absolute Gasteiger partial charge is 0.312 e. The molecule has 0 radical (unpaired) electrons. The van der Waals surface area contributed by atoms with Crippen LogP contribution < -0.4 is 10.1 Å². The molecule has 1 aromatic rings. The number of nitro benzene ring substituents is 1. The van der Waals surface area contributed by atoms with Crippen molar-refractivity contribution in [1.29, 1.82) is 0 Å². The van der Waals surface area contributed by atoms with Gasteiger partial charge in [-0.15, -0.1) is 0 Å². The van der Waals surface area contributed by atoms with Crippen molar-refractivity contribution in [2.24, 2.45) is 5.92 Å². The van der Waals surface area contributed by atoms with E-state index in [1.165, 1.54) is 6.07 Å². The van der Waals surface area contributed by atoms with E-state index in [4.69, 9.17) is 4.74 Å². The summed E-state index contributed by atoms with van der Waals surface area (Å²) < 4.78 is 19.4. The fourth-order valence-electron chi connectivity index (χ4n) is 2.04. The SMILES string of the molecule is CC1CCNCC1Oc1cc(F)c(I)cc1[N+](=O)[O-]. The van der Waals surface area contributed by atoms with Crippen molar-refractivity contribution < 1.29 is 14.1 Å². The number of nitro groups is 1. The van der Waals surface area contributed by atoms with Gasteiger partial charge in [0.05, 0.1) is 8.49 Å². The van der Waals surface area contributed by atoms with E-state index in [-0.39, 0.29) is 27.0 Å². The number of piperidine rings is 1. The molecule has 1 N–H and O–H groups in total. The maximum atomic E-state index is 13.5. The zero-order valence-electron chi connectivity index (χ0n) is 10.4. The van der Waals surface area contributed by atoms with Crippen LogP contribution in [0.2, 0.25) is 0 Å². The molecule has 0 spiro atoms. The van der Waals surface area contributed by atoms with Crippen molar-refractivity contribution in [2.75, 3.05) is 13.1 Å². The fourth-order valence-corrected chi connectivity index (χ4v) is 2.49. The van der Waals surface area contributed by atoms with E-state index < -0.39 is 10.7 Å². The van der Waals surface area contributed by atoms with Crippen LogP contribution in [0.3, 0.4) is 0 Å². The van der Waals surface area contributed by atoms with Crippen molar-refractivity contribution >= 4 is 28.3 Å². The van der Waals surface area contributed by atoms with Crippen LogP contribution in [0.25, 0.3) is 0 Å². The number of nitrogens with one attached hydrogen (secondary N) is 1. The minimum atomic E-state index is -0.544. The molecule has 2 unspecified atom stereocenters. The predicted octanol–water partition coefficient (Wildman–Crippen LogP) is 2.72. The molecule has 1 aliphatic heterocycles. The summed E-state index contributed by atoms with van der Waals surface area (Å²) >= 11 is 1.73. The molecule has 1 fully saturated rings. The average molecular weight is 380 g/mol. The predicted molar refractivity (Wildman–Crippen MR) is 76.8 cm³/mol. The Kier molecular flexibility index (Phi) is 4.56. The lowest BCUT2D eigenvalue weighted by Crippen LogP contribution is -2.42. The van der Waals surface area contributed by atoms with Gasteiger partial charge in [0, 0.05) is 18.7 Å². The summed E-state index contributed by atoms with van der Waals surface area (Å²) in [4.78, 5) is 10.4. The highest BCUT2D eigenvalue weighted by molar-refractivity contribution is 14.1. The maximum absolute atomic E-state index is 13.5. The van der Waals surface area contributed by atoms with Gasteiger partial charge in [-0.1, -0.05) is 6.92 Å². The van der Waals surface area contributed by atoms with E-state index in [1.54, 1.807) is 22.6 Å². The minimum Gasteiger partial charge on any atom is -0.482 e. The van der Waals surface area contributed by atoms with Gasteiger partial charge in [-0.3, -0.25) is 10.1 Å². The first-order chi connectivity index (χ1) is 8.99. The van der Waals surface area contributed by atoms with Crippen LogP contribution in [-0.4, -0.2) is 24.1 Å². The third-order valence-electron chi connectivity index (χ3n) is 3.23. The van der Waals surface area contributed by atoms with Crippen molar-refractivity contribution in [3.63, 3.8) is 0 Å². The molecule has 0 aliphatic carbocycles. The van der Waals surface area contributed by atoms with E-state index in [0.29, 0.717) is 6.54 Å². The van der Waals surface area contributed by atoms with Gasteiger partial charge in [-0.2, -0.15) is 0 Å². The Bertz CT molecular complexity index is 498.